The fraction of sp³-hybridized carbons (Fsp3) is 0.929. The molecule has 0 unspecified atom stereocenters. The van der Waals surface area contributed by atoms with Gasteiger partial charge in [0, 0.05) is 6.54 Å². The third kappa shape index (κ3) is 31.3. The topological polar surface area (TPSA) is 80.4 Å². The Morgan fingerprint density at radius 2 is 1.35 bits per heavy atom. The normalized spacial score (nSPS) is 10.4. The Kier molecular flexibility index (Phi) is 25.6. The van der Waals surface area contributed by atoms with Crippen molar-refractivity contribution in [2.45, 2.75) is 71.1 Å². The molecule has 4 nitrogen and oxygen atoms in total. The SMILES string of the molecule is NCCS(=O)(=O)O.[CH2-]CCCCCCCCCCC.[Na+]. The molecule has 0 fully saturated rings. The molecule has 0 heterocycles. The van der Waals surface area contributed by atoms with Crippen LogP contribution in [0.15, 0.2) is 0 Å². The Morgan fingerprint density at radius 1 is 0.950 bits per heavy atom. The van der Waals surface area contributed by atoms with Gasteiger partial charge in [0.2, 0.25) is 0 Å². The summed E-state index contributed by atoms with van der Waals surface area (Å²) >= 11 is 0. The van der Waals surface area contributed by atoms with Crippen LogP contribution in [0, 0.1) is 6.92 Å². The van der Waals surface area contributed by atoms with E-state index >= 15 is 0 Å². The first-order valence-corrected chi connectivity index (χ1v) is 9.03. The molecule has 0 amide bonds. The van der Waals surface area contributed by atoms with Crippen molar-refractivity contribution in [1.82, 2.24) is 0 Å². The van der Waals surface area contributed by atoms with E-state index in [4.69, 9.17) is 10.3 Å². The number of hydrogen-bond acceptors (Lipinski definition) is 3. The Labute approximate surface area is 148 Å². The molecule has 6 heteroatoms. The summed E-state index contributed by atoms with van der Waals surface area (Å²) in [4.78, 5) is 0. The van der Waals surface area contributed by atoms with E-state index in [-0.39, 0.29) is 41.9 Å². The molecule has 3 N–H and O–H groups in total. The quantitative estimate of drug-likeness (QED) is 0.253. The molecule has 0 aliphatic carbocycles. The molecule has 0 bridgehead atoms. The molecule has 20 heavy (non-hydrogen) atoms. The minimum atomic E-state index is -3.80. The summed E-state index contributed by atoms with van der Waals surface area (Å²) in [6.45, 7) is 6.09. The molecule has 0 aromatic carbocycles. The summed E-state index contributed by atoms with van der Waals surface area (Å²) in [5.74, 6) is -0.354. The predicted molar refractivity (Wildman–Crippen MR) is 82.7 cm³/mol. The van der Waals surface area contributed by atoms with Gasteiger partial charge < -0.3 is 12.7 Å². The van der Waals surface area contributed by atoms with E-state index in [0.717, 1.165) is 6.42 Å². The van der Waals surface area contributed by atoms with E-state index in [9.17, 15) is 8.42 Å². The number of rotatable bonds is 11. The maximum absolute atomic E-state index is 9.71. The van der Waals surface area contributed by atoms with Crippen molar-refractivity contribution in [2.24, 2.45) is 5.73 Å². The second-order valence-electron chi connectivity index (χ2n) is 4.76. The molecule has 0 rings (SSSR count). The average molecular weight is 317 g/mol. The van der Waals surface area contributed by atoms with Crippen LogP contribution in [0.4, 0.5) is 0 Å². The number of hydrogen-bond donors (Lipinski definition) is 2. The van der Waals surface area contributed by atoms with Crippen LogP contribution < -0.4 is 35.3 Å². The smallest absolute Gasteiger partial charge is 0.343 e. The summed E-state index contributed by atoms with van der Waals surface area (Å²) < 4.78 is 27.3. The minimum Gasteiger partial charge on any atom is -0.343 e. The van der Waals surface area contributed by atoms with Crippen LogP contribution in [-0.4, -0.2) is 25.3 Å². The number of nitrogens with two attached hydrogens (primary N) is 1. The predicted octanol–water partition coefficient (Wildman–Crippen LogP) is 0.578. The van der Waals surface area contributed by atoms with Crippen LogP contribution in [0.1, 0.15) is 71.1 Å². The Bertz CT molecular complexity index is 249. The molecule has 0 aromatic rings. The monoisotopic (exact) mass is 317 g/mol. The first kappa shape index (κ1) is 25.8. The van der Waals surface area contributed by atoms with Gasteiger partial charge in [-0.15, -0.1) is 0 Å². The van der Waals surface area contributed by atoms with E-state index in [0.29, 0.717) is 0 Å². The zero-order valence-corrected chi connectivity index (χ0v) is 16.3. The molecule has 0 saturated heterocycles. The molecular formula is C14H32NNaO3S. The fourth-order valence-corrected chi connectivity index (χ4v) is 1.93. The molecule has 0 aliphatic rings. The largest absolute Gasteiger partial charge is 1.00 e. The maximum Gasteiger partial charge on any atom is 1.00 e. The Morgan fingerprint density at radius 3 is 1.60 bits per heavy atom. The van der Waals surface area contributed by atoms with E-state index in [1.165, 1.54) is 57.8 Å². The van der Waals surface area contributed by atoms with Crippen LogP contribution in [0.5, 0.6) is 0 Å². The van der Waals surface area contributed by atoms with Crippen molar-refractivity contribution in [2.75, 3.05) is 12.3 Å². The Hall–Kier alpha value is 0.870. The molecule has 0 aromatic heterocycles. The second-order valence-corrected chi connectivity index (χ2v) is 6.33. The van der Waals surface area contributed by atoms with Crippen LogP contribution >= 0.6 is 0 Å². The van der Waals surface area contributed by atoms with Crippen molar-refractivity contribution in [3.63, 3.8) is 0 Å². The third-order valence-electron chi connectivity index (χ3n) is 2.73. The van der Waals surface area contributed by atoms with Crippen molar-refractivity contribution in [3.8, 4) is 0 Å². The molecular weight excluding hydrogens is 285 g/mol. The van der Waals surface area contributed by atoms with Gasteiger partial charge in [-0.25, -0.2) is 0 Å². The molecule has 118 valence electrons. The van der Waals surface area contributed by atoms with Crippen molar-refractivity contribution < 1.29 is 42.5 Å². The zero-order chi connectivity index (χ0) is 15.0. The van der Waals surface area contributed by atoms with Gasteiger partial charge >= 0.3 is 29.6 Å². The molecule has 0 spiro atoms. The molecule has 0 radical (unpaired) electrons. The fourth-order valence-electron chi connectivity index (χ4n) is 1.64. The van der Waals surface area contributed by atoms with Crippen molar-refractivity contribution >= 4 is 10.1 Å². The Balaban J connectivity index is -0.000000312. The minimum absolute atomic E-state index is 0. The standard InChI is InChI=1S/C12H25.C2H7NO3S.Na/c1-3-5-7-9-11-12-10-8-6-4-2;3-1-2-7(4,5)6;/h1,3-12H2,2H3;1-3H2,(H,4,5,6);/q-1;;+1. The van der Waals surface area contributed by atoms with Gasteiger partial charge in [0.25, 0.3) is 10.1 Å². The summed E-state index contributed by atoms with van der Waals surface area (Å²) in [5, 5.41) is 0. The number of unbranched alkanes of at least 4 members (excludes halogenated alkanes) is 9. The van der Waals surface area contributed by atoms with Gasteiger partial charge in [-0.05, 0) is 0 Å². The van der Waals surface area contributed by atoms with Crippen LogP contribution in [0.3, 0.4) is 0 Å². The zero-order valence-electron chi connectivity index (χ0n) is 13.4. The van der Waals surface area contributed by atoms with Crippen LogP contribution in [0.2, 0.25) is 0 Å². The molecule has 0 aliphatic heterocycles. The van der Waals surface area contributed by atoms with Gasteiger partial charge in [-0.2, -0.15) is 14.8 Å². The van der Waals surface area contributed by atoms with Gasteiger partial charge in [-0.3, -0.25) is 4.55 Å². The second kappa shape index (κ2) is 19.9. The first-order valence-electron chi connectivity index (χ1n) is 7.42. The van der Waals surface area contributed by atoms with E-state index in [1.54, 1.807) is 0 Å². The average Bonchev–Trinajstić information content (AvgIpc) is 2.32. The van der Waals surface area contributed by atoms with E-state index in [1.807, 2.05) is 0 Å². The first-order chi connectivity index (χ1) is 8.97. The molecule has 0 atom stereocenters. The van der Waals surface area contributed by atoms with Crippen LogP contribution in [-0.2, 0) is 10.1 Å². The van der Waals surface area contributed by atoms with Crippen molar-refractivity contribution in [1.29, 1.82) is 0 Å². The van der Waals surface area contributed by atoms with Gasteiger partial charge in [0.05, 0.1) is 5.75 Å². The third-order valence-corrected chi connectivity index (χ3v) is 3.48. The van der Waals surface area contributed by atoms with E-state index < -0.39 is 10.1 Å². The molecule has 0 saturated carbocycles. The van der Waals surface area contributed by atoms with Gasteiger partial charge in [0.15, 0.2) is 0 Å². The maximum atomic E-state index is 9.71. The van der Waals surface area contributed by atoms with Gasteiger partial charge in [-0.1, -0.05) is 64.7 Å². The summed E-state index contributed by atoms with van der Waals surface area (Å²) in [5.41, 5.74) is 4.78. The summed E-state index contributed by atoms with van der Waals surface area (Å²) in [7, 11) is -3.80. The van der Waals surface area contributed by atoms with Crippen molar-refractivity contribution in [3.05, 3.63) is 6.92 Å². The summed E-state index contributed by atoms with van der Waals surface area (Å²) in [6, 6.07) is 0. The van der Waals surface area contributed by atoms with Gasteiger partial charge in [0.1, 0.15) is 0 Å². The van der Waals surface area contributed by atoms with Crippen LogP contribution in [0.25, 0.3) is 0 Å². The summed E-state index contributed by atoms with van der Waals surface area (Å²) in [6.07, 6.45) is 13.9. The van der Waals surface area contributed by atoms with E-state index in [2.05, 4.69) is 13.8 Å².